The Kier molecular flexibility index (Phi) is 3.98. The number of hydrogen-bond acceptors (Lipinski definition) is 8. The number of aromatic nitrogens is 10. The standard InChI is InChI=1S/C9H6ClN5.C9H7N5/c1-5-12-13-9-7-6(3-2-4-11-7)8(10)14-15(5)9;1-6-12-13-9-8-7(3-2-4-10-8)5-11-14(6)9/h2-4H,1H3;2-5H,1H3. The van der Waals surface area contributed by atoms with Crippen molar-refractivity contribution in [3.63, 3.8) is 0 Å². The highest BCUT2D eigenvalue weighted by atomic mass is 35.5. The van der Waals surface area contributed by atoms with Crippen LogP contribution in [0.4, 0.5) is 0 Å². The van der Waals surface area contributed by atoms with E-state index in [0.29, 0.717) is 22.3 Å². The minimum atomic E-state index is 0.411. The average Bonchev–Trinajstić information content (AvgIpc) is 3.32. The van der Waals surface area contributed by atoms with E-state index in [-0.39, 0.29) is 0 Å². The van der Waals surface area contributed by atoms with Crippen molar-refractivity contribution in [2.75, 3.05) is 0 Å². The Bertz CT molecular complexity index is 1500. The zero-order valence-electron chi connectivity index (χ0n) is 15.4. The first-order chi connectivity index (χ1) is 14.1. The summed E-state index contributed by atoms with van der Waals surface area (Å²) < 4.78 is 3.28. The molecule has 6 heterocycles. The van der Waals surface area contributed by atoms with E-state index >= 15 is 0 Å². The molecule has 0 amide bonds. The molecule has 29 heavy (non-hydrogen) atoms. The SMILES string of the molecule is Cc1nnc2c3ncccc3c(Cl)nn12.Cc1nnc2c3ncccc3cnn12. The van der Waals surface area contributed by atoms with Crippen LogP contribution < -0.4 is 0 Å². The van der Waals surface area contributed by atoms with E-state index in [4.69, 9.17) is 11.6 Å². The summed E-state index contributed by atoms with van der Waals surface area (Å²) >= 11 is 6.04. The molecule has 6 aromatic rings. The number of nitrogens with zero attached hydrogens (tertiary/aromatic N) is 10. The molecule has 0 saturated heterocycles. The number of hydrogen-bond donors (Lipinski definition) is 0. The second-order valence-corrected chi connectivity index (χ2v) is 6.60. The van der Waals surface area contributed by atoms with Crippen molar-refractivity contribution in [3.8, 4) is 0 Å². The summed E-state index contributed by atoms with van der Waals surface area (Å²) in [5.41, 5.74) is 2.90. The summed E-state index contributed by atoms with van der Waals surface area (Å²) in [6.45, 7) is 3.68. The first-order valence-corrected chi connectivity index (χ1v) is 9.05. The van der Waals surface area contributed by atoms with Gasteiger partial charge in [-0.3, -0.25) is 9.97 Å². The van der Waals surface area contributed by atoms with E-state index < -0.39 is 0 Å². The molecule has 0 saturated carbocycles. The van der Waals surface area contributed by atoms with Crippen molar-refractivity contribution in [1.82, 2.24) is 49.6 Å². The lowest BCUT2D eigenvalue weighted by Gasteiger charge is -2.00. The van der Waals surface area contributed by atoms with Gasteiger partial charge in [-0.25, -0.2) is 0 Å². The van der Waals surface area contributed by atoms with Crippen LogP contribution in [0.3, 0.4) is 0 Å². The first-order valence-electron chi connectivity index (χ1n) is 8.67. The number of pyridine rings is 2. The van der Waals surface area contributed by atoms with Crippen LogP contribution in [0.5, 0.6) is 0 Å². The van der Waals surface area contributed by atoms with E-state index in [9.17, 15) is 0 Å². The van der Waals surface area contributed by atoms with Crippen molar-refractivity contribution >= 4 is 44.7 Å². The molecule has 0 unspecified atom stereocenters. The lowest BCUT2D eigenvalue weighted by atomic mass is 10.3. The number of fused-ring (bicyclic) bond motifs is 6. The lowest BCUT2D eigenvalue weighted by molar-refractivity contribution is 0.880. The molecule has 6 aromatic heterocycles. The van der Waals surface area contributed by atoms with Gasteiger partial charge in [-0.15, -0.1) is 20.4 Å². The van der Waals surface area contributed by atoms with Gasteiger partial charge in [-0.05, 0) is 38.1 Å². The predicted molar refractivity (Wildman–Crippen MR) is 107 cm³/mol. The van der Waals surface area contributed by atoms with Gasteiger partial charge in [0.15, 0.2) is 16.8 Å². The van der Waals surface area contributed by atoms with Gasteiger partial charge < -0.3 is 0 Å². The average molecular weight is 405 g/mol. The Labute approximate surface area is 168 Å². The minimum absolute atomic E-state index is 0.411. The Morgan fingerprint density at radius 2 is 1.45 bits per heavy atom. The zero-order chi connectivity index (χ0) is 20.0. The molecular weight excluding hydrogens is 392 g/mol. The third kappa shape index (κ3) is 2.81. The molecule has 142 valence electrons. The maximum absolute atomic E-state index is 6.04. The van der Waals surface area contributed by atoms with Crippen molar-refractivity contribution in [2.24, 2.45) is 0 Å². The summed E-state index contributed by atoms with van der Waals surface area (Å²) in [6, 6.07) is 7.51. The van der Waals surface area contributed by atoms with Gasteiger partial charge in [0.1, 0.15) is 11.0 Å². The van der Waals surface area contributed by atoms with Gasteiger partial charge in [-0.1, -0.05) is 11.6 Å². The topological polar surface area (TPSA) is 112 Å². The van der Waals surface area contributed by atoms with Gasteiger partial charge in [0, 0.05) is 23.2 Å². The Balaban J connectivity index is 0.000000125. The van der Waals surface area contributed by atoms with Crippen LogP contribution in [0.2, 0.25) is 5.15 Å². The van der Waals surface area contributed by atoms with Crippen LogP contribution in [-0.4, -0.2) is 49.6 Å². The molecular formula is C18H13ClN10. The van der Waals surface area contributed by atoms with Crippen molar-refractivity contribution in [2.45, 2.75) is 13.8 Å². The molecule has 0 bridgehead atoms. The van der Waals surface area contributed by atoms with E-state index in [1.165, 1.54) is 0 Å². The van der Waals surface area contributed by atoms with Crippen LogP contribution in [0.15, 0.2) is 42.9 Å². The van der Waals surface area contributed by atoms with Gasteiger partial charge in [-0.2, -0.15) is 19.2 Å². The summed E-state index contributed by atoms with van der Waals surface area (Å²) in [7, 11) is 0. The minimum Gasteiger partial charge on any atom is -0.252 e. The molecule has 0 aromatic carbocycles. The van der Waals surface area contributed by atoms with Gasteiger partial charge in [0.05, 0.1) is 6.20 Å². The molecule has 10 nitrogen and oxygen atoms in total. The summed E-state index contributed by atoms with van der Waals surface area (Å²) in [6.07, 6.45) is 5.21. The van der Waals surface area contributed by atoms with Gasteiger partial charge in [0.25, 0.3) is 0 Å². The fraction of sp³-hybridized carbons (Fsp3) is 0.111. The summed E-state index contributed by atoms with van der Waals surface area (Å²) in [4.78, 5) is 8.50. The predicted octanol–water partition coefficient (Wildman–Crippen LogP) is 2.62. The molecule has 0 spiro atoms. The highest BCUT2D eigenvalue weighted by Crippen LogP contribution is 2.22. The Morgan fingerprint density at radius 3 is 2.24 bits per heavy atom. The Morgan fingerprint density at radius 1 is 0.793 bits per heavy atom. The summed E-state index contributed by atoms with van der Waals surface area (Å²) in [5.74, 6) is 1.46. The number of rotatable bonds is 0. The largest absolute Gasteiger partial charge is 0.252 e. The monoisotopic (exact) mass is 404 g/mol. The molecule has 6 rings (SSSR count). The highest BCUT2D eigenvalue weighted by Gasteiger charge is 2.11. The maximum atomic E-state index is 6.04. The molecule has 0 aliphatic heterocycles. The maximum Gasteiger partial charge on any atom is 0.204 e. The molecule has 11 heteroatoms. The van der Waals surface area contributed by atoms with Crippen LogP contribution in [0, 0.1) is 13.8 Å². The van der Waals surface area contributed by atoms with Crippen molar-refractivity contribution in [3.05, 3.63) is 59.7 Å². The molecule has 0 aliphatic rings. The first kappa shape index (κ1) is 17.3. The van der Waals surface area contributed by atoms with E-state index in [1.807, 2.05) is 38.1 Å². The number of aryl methyl sites for hydroxylation is 2. The second kappa shape index (κ2) is 6.67. The molecule has 0 N–H and O–H groups in total. The third-order valence-corrected chi connectivity index (χ3v) is 4.66. The normalized spacial score (nSPS) is 11.3. The molecule has 0 fully saturated rings. The fourth-order valence-electron chi connectivity index (χ4n) is 2.99. The highest BCUT2D eigenvalue weighted by molar-refractivity contribution is 6.34. The smallest absolute Gasteiger partial charge is 0.204 e. The lowest BCUT2D eigenvalue weighted by Crippen LogP contribution is -1.97. The van der Waals surface area contributed by atoms with Crippen LogP contribution in [-0.2, 0) is 0 Å². The van der Waals surface area contributed by atoms with Crippen molar-refractivity contribution < 1.29 is 0 Å². The molecule has 0 atom stereocenters. The van der Waals surface area contributed by atoms with Crippen LogP contribution in [0.25, 0.3) is 33.1 Å². The fourth-order valence-corrected chi connectivity index (χ4v) is 3.22. The third-order valence-electron chi connectivity index (χ3n) is 4.39. The van der Waals surface area contributed by atoms with Gasteiger partial charge >= 0.3 is 0 Å². The van der Waals surface area contributed by atoms with Crippen molar-refractivity contribution in [1.29, 1.82) is 0 Å². The molecule has 0 radical (unpaired) electrons. The van der Waals surface area contributed by atoms with E-state index in [2.05, 4.69) is 40.6 Å². The van der Waals surface area contributed by atoms with Crippen LogP contribution in [0.1, 0.15) is 11.6 Å². The quantitative estimate of drug-likeness (QED) is 0.379. The van der Waals surface area contributed by atoms with Crippen LogP contribution >= 0.6 is 11.6 Å². The second-order valence-electron chi connectivity index (χ2n) is 6.24. The molecule has 0 aliphatic carbocycles. The zero-order valence-corrected chi connectivity index (χ0v) is 16.1. The van der Waals surface area contributed by atoms with E-state index in [1.54, 1.807) is 27.6 Å². The van der Waals surface area contributed by atoms with Gasteiger partial charge in [0.2, 0.25) is 11.3 Å². The number of halogens is 1. The Hall–Kier alpha value is -3.79. The summed E-state index contributed by atoms with van der Waals surface area (Å²) in [5, 5.41) is 26.5. The van der Waals surface area contributed by atoms with E-state index in [0.717, 1.165) is 27.6 Å².